The molecule has 1 heterocycles. The van der Waals surface area contributed by atoms with Crippen LogP contribution in [-0.2, 0) is 0 Å². The van der Waals surface area contributed by atoms with Crippen molar-refractivity contribution in [1.82, 2.24) is 0 Å². The summed E-state index contributed by atoms with van der Waals surface area (Å²) in [5, 5.41) is 12.0. The number of thiophene rings is 1. The van der Waals surface area contributed by atoms with E-state index in [0.29, 0.717) is 10.0 Å². The number of benzene rings is 1. The van der Waals surface area contributed by atoms with Crippen molar-refractivity contribution >= 4 is 27.3 Å². The monoisotopic (exact) mass is 300 g/mol. The van der Waals surface area contributed by atoms with Gasteiger partial charge in [0.15, 0.2) is 0 Å². The molecule has 1 unspecified atom stereocenters. The van der Waals surface area contributed by atoms with E-state index in [2.05, 4.69) is 15.9 Å². The van der Waals surface area contributed by atoms with Gasteiger partial charge in [0, 0.05) is 4.88 Å². The molecule has 0 aliphatic heterocycles. The molecule has 1 N–H and O–H groups in total. The molecule has 0 amide bonds. The van der Waals surface area contributed by atoms with Crippen LogP contribution in [0.1, 0.15) is 22.1 Å². The molecule has 0 fully saturated rings. The number of hydrogen-bond donors (Lipinski definition) is 1. The summed E-state index contributed by atoms with van der Waals surface area (Å²) in [5.41, 5.74) is 1.53. The topological polar surface area (TPSA) is 20.2 Å². The highest BCUT2D eigenvalue weighted by Gasteiger charge is 2.13. The molecule has 4 heteroatoms. The molecule has 0 spiro atoms. The lowest BCUT2D eigenvalue weighted by molar-refractivity contribution is 0.220. The summed E-state index contributed by atoms with van der Waals surface area (Å²) in [6.45, 7) is 1.99. The van der Waals surface area contributed by atoms with Crippen LogP contribution in [-0.4, -0.2) is 5.11 Å². The van der Waals surface area contributed by atoms with E-state index >= 15 is 0 Å². The Bertz CT molecular complexity index is 509. The van der Waals surface area contributed by atoms with E-state index in [4.69, 9.17) is 0 Å². The Labute approximate surface area is 106 Å². The van der Waals surface area contributed by atoms with Crippen molar-refractivity contribution in [2.75, 3.05) is 0 Å². The first-order valence-corrected chi connectivity index (χ1v) is 6.43. The second-order valence-electron chi connectivity index (χ2n) is 3.57. The Morgan fingerprint density at radius 1 is 1.31 bits per heavy atom. The van der Waals surface area contributed by atoms with Gasteiger partial charge in [0.2, 0.25) is 0 Å². The maximum atomic E-state index is 13.0. The Morgan fingerprint density at radius 3 is 2.62 bits per heavy atom. The Kier molecular flexibility index (Phi) is 3.42. The lowest BCUT2D eigenvalue weighted by Gasteiger charge is -2.09. The molecular formula is C12H10BrFOS. The smallest absolute Gasteiger partial charge is 0.137 e. The number of aryl methyl sites for hydroxylation is 1. The van der Waals surface area contributed by atoms with Crippen molar-refractivity contribution in [3.63, 3.8) is 0 Å². The summed E-state index contributed by atoms with van der Waals surface area (Å²) in [4.78, 5) is 1.15. The van der Waals surface area contributed by atoms with Crippen molar-refractivity contribution in [3.05, 3.63) is 55.9 Å². The molecular weight excluding hydrogens is 291 g/mol. The molecule has 2 aromatic rings. The van der Waals surface area contributed by atoms with Crippen LogP contribution in [0, 0.1) is 12.7 Å². The maximum Gasteiger partial charge on any atom is 0.137 e. The van der Waals surface area contributed by atoms with E-state index < -0.39 is 6.10 Å². The molecule has 84 valence electrons. The van der Waals surface area contributed by atoms with Gasteiger partial charge >= 0.3 is 0 Å². The van der Waals surface area contributed by atoms with Crippen molar-refractivity contribution in [1.29, 1.82) is 0 Å². The van der Waals surface area contributed by atoms with Crippen LogP contribution in [0.4, 0.5) is 4.39 Å². The first kappa shape index (κ1) is 11.8. The highest BCUT2D eigenvalue weighted by molar-refractivity contribution is 9.10. The van der Waals surface area contributed by atoms with E-state index in [1.807, 2.05) is 18.4 Å². The standard InChI is InChI=1S/C12H10BrFOS/c1-7-4-9(6-16-7)12(15)8-2-3-11(14)10(13)5-8/h2-6,12,15H,1H3. The van der Waals surface area contributed by atoms with Crippen molar-refractivity contribution < 1.29 is 9.50 Å². The van der Waals surface area contributed by atoms with Crippen molar-refractivity contribution in [3.8, 4) is 0 Å². The van der Waals surface area contributed by atoms with Gasteiger partial charge in [-0.2, -0.15) is 0 Å². The van der Waals surface area contributed by atoms with E-state index in [1.165, 1.54) is 6.07 Å². The van der Waals surface area contributed by atoms with Crippen LogP contribution in [0.25, 0.3) is 0 Å². The van der Waals surface area contributed by atoms with Gasteiger partial charge < -0.3 is 5.11 Å². The van der Waals surface area contributed by atoms with Gasteiger partial charge in [-0.15, -0.1) is 11.3 Å². The molecule has 0 saturated heterocycles. The normalized spacial score (nSPS) is 12.8. The lowest BCUT2D eigenvalue weighted by atomic mass is 10.0. The molecule has 0 saturated carbocycles. The second kappa shape index (κ2) is 4.65. The summed E-state index contributed by atoms with van der Waals surface area (Å²) < 4.78 is 13.4. The molecule has 16 heavy (non-hydrogen) atoms. The fourth-order valence-corrected chi connectivity index (χ4v) is 2.60. The molecule has 1 atom stereocenters. The first-order valence-electron chi connectivity index (χ1n) is 4.76. The largest absolute Gasteiger partial charge is 0.384 e. The lowest BCUT2D eigenvalue weighted by Crippen LogP contribution is -1.98. The van der Waals surface area contributed by atoms with Crippen LogP contribution in [0.3, 0.4) is 0 Å². The van der Waals surface area contributed by atoms with E-state index in [9.17, 15) is 9.50 Å². The van der Waals surface area contributed by atoms with Gasteiger partial charge in [0.1, 0.15) is 11.9 Å². The fourth-order valence-electron chi connectivity index (χ4n) is 1.48. The number of aliphatic hydroxyl groups excluding tert-OH is 1. The summed E-state index contributed by atoms with van der Waals surface area (Å²) in [6, 6.07) is 6.49. The van der Waals surface area contributed by atoms with Crippen LogP contribution >= 0.6 is 27.3 Å². The predicted molar refractivity (Wildman–Crippen MR) is 67.2 cm³/mol. The molecule has 0 aliphatic carbocycles. The van der Waals surface area contributed by atoms with Gasteiger partial charge in [-0.05, 0) is 57.6 Å². The first-order chi connectivity index (χ1) is 7.58. The number of aliphatic hydroxyl groups is 1. The SMILES string of the molecule is Cc1cc(C(O)c2ccc(F)c(Br)c2)cs1. The van der Waals surface area contributed by atoms with E-state index in [0.717, 1.165) is 10.4 Å². The minimum atomic E-state index is -0.693. The van der Waals surface area contributed by atoms with Crippen molar-refractivity contribution in [2.24, 2.45) is 0 Å². The minimum absolute atomic E-state index is 0.322. The minimum Gasteiger partial charge on any atom is -0.384 e. The summed E-state index contributed by atoms with van der Waals surface area (Å²) in [6.07, 6.45) is -0.693. The van der Waals surface area contributed by atoms with Gasteiger partial charge in [0.05, 0.1) is 4.47 Å². The molecule has 1 nitrogen and oxygen atoms in total. The van der Waals surface area contributed by atoms with Gasteiger partial charge in [-0.25, -0.2) is 4.39 Å². The predicted octanol–water partition coefficient (Wildman–Crippen LogP) is 4.04. The van der Waals surface area contributed by atoms with Crippen LogP contribution in [0.2, 0.25) is 0 Å². The quantitative estimate of drug-likeness (QED) is 0.887. The van der Waals surface area contributed by atoms with Gasteiger partial charge in [0.25, 0.3) is 0 Å². The van der Waals surface area contributed by atoms with Crippen LogP contribution in [0.5, 0.6) is 0 Å². The van der Waals surface area contributed by atoms with Gasteiger partial charge in [-0.3, -0.25) is 0 Å². The van der Waals surface area contributed by atoms with E-state index in [1.54, 1.807) is 23.5 Å². The Hall–Kier alpha value is -0.710. The third-order valence-corrected chi connectivity index (χ3v) is 3.81. The second-order valence-corrected chi connectivity index (χ2v) is 5.54. The van der Waals surface area contributed by atoms with Gasteiger partial charge in [-0.1, -0.05) is 6.07 Å². The summed E-state index contributed by atoms with van der Waals surface area (Å²) in [7, 11) is 0. The number of rotatable bonds is 2. The fraction of sp³-hybridized carbons (Fsp3) is 0.167. The Morgan fingerprint density at radius 2 is 2.06 bits per heavy atom. The third-order valence-electron chi connectivity index (χ3n) is 2.33. The molecule has 1 aromatic heterocycles. The highest BCUT2D eigenvalue weighted by Crippen LogP contribution is 2.28. The highest BCUT2D eigenvalue weighted by atomic mass is 79.9. The number of halogens is 2. The number of hydrogen-bond acceptors (Lipinski definition) is 2. The Balaban J connectivity index is 2.33. The average molecular weight is 301 g/mol. The zero-order valence-corrected chi connectivity index (χ0v) is 11.0. The van der Waals surface area contributed by atoms with Crippen LogP contribution in [0.15, 0.2) is 34.1 Å². The average Bonchev–Trinajstić information content (AvgIpc) is 2.68. The molecule has 2 rings (SSSR count). The zero-order valence-electron chi connectivity index (χ0n) is 8.58. The van der Waals surface area contributed by atoms with E-state index in [-0.39, 0.29) is 5.82 Å². The molecule has 0 bridgehead atoms. The maximum absolute atomic E-state index is 13.0. The summed E-state index contributed by atoms with van der Waals surface area (Å²) >= 11 is 4.70. The van der Waals surface area contributed by atoms with Crippen LogP contribution < -0.4 is 0 Å². The summed E-state index contributed by atoms with van der Waals surface area (Å²) in [5.74, 6) is -0.322. The molecule has 1 aromatic carbocycles. The molecule has 0 radical (unpaired) electrons. The zero-order chi connectivity index (χ0) is 11.7. The molecule has 0 aliphatic rings. The van der Waals surface area contributed by atoms with Crippen molar-refractivity contribution in [2.45, 2.75) is 13.0 Å². The third kappa shape index (κ3) is 2.34.